The molecule has 0 amide bonds. The van der Waals surface area contributed by atoms with Gasteiger partial charge in [0.1, 0.15) is 0 Å². The van der Waals surface area contributed by atoms with E-state index in [4.69, 9.17) is 0 Å². The maximum absolute atomic E-state index is 11.3. The van der Waals surface area contributed by atoms with Crippen LogP contribution in [0.5, 0.6) is 0 Å². The number of nitrogens with one attached hydrogen (secondary N) is 3. The Morgan fingerprint density at radius 2 is 1.86 bits per heavy atom. The molecule has 0 unspecified atom stereocenters. The van der Waals surface area contributed by atoms with Crippen molar-refractivity contribution < 1.29 is 5.11 Å². The number of hydrogen-bond acceptors (Lipinski definition) is 3. The molecule has 1 heterocycles. The number of hydrogen-bond donors (Lipinski definition) is 4. The monoisotopic (exact) mass is 353 g/mol. The van der Waals surface area contributed by atoms with E-state index < -0.39 is 0 Å². The van der Waals surface area contributed by atoms with Gasteiger partial charge >= 0.3 is 5.69 Å². The zero-order valence-corrected chi connectivity index (χ0v) is 13.4. The molecule has 1 saturated carbocycles. The third-order valence-corrected chi connectivity index (χ3v) is 5.16. The third kappa shape index (κ3) is 3.01. The summed E-state index contributed by atoms with van der Waals surface area (Å²) in [6.07, 6.45) is 5.78. The molecule has 0 spiro atoms. The molecule has 1 aliphatic carbocycles. The molecule has 0 radical (unpaired) electrons. The van der Waals surface area contributed by atoms with E-state index in [0.717, 1.165) is 40.6 Å². The highest BCUT2D eigenvalue weighted by Crippen LogP contribution is 2.37. The third-order valence-electron chi connectivity index (χ3n) is 4.51. The number of aliphatic hydroxyl groups excluding tert-OH is 1. The van der Waals surface area contributed by atoms with Crippen LogP contribution in [0.2, 0.25) is 0 Å². The Balaban J connectivity index is 1.80. The molecular weight excluding hydrogens is 334 g/mol. The summed E-state index contributed by atoms with van der Waals surface area (Å²) in [5, 5.41) is 13.2. The van der Waals surface area contributed by atoms with Crippen molar-refractivity contribution in [3.8, 4) is 0 Å². The normalized spacial score (nSPS) is 18.0. The lowest BCUT2D eigenvalue weighted by Crippen LogP contribution is -2.35. The standard InChI is InChI=1S/C15H20BrN3O2/c16-10-6-12-13(19-14(21)18-12)7-11(10)17-8-15(9-20)4-2-1-3-5-15/h6-7,17,20H,1-5,8-9H2,(H2,18,19,21). The number of rotatable bonds is 4. The van der Waals surface area contributed by atoms with Crippen LogP contribution in [0.25, 0.3) is 11.0 Å². The summed E-state index contributed by atoms with van der Waals surface area (Å²) in [5.74, 6) is 0. The van der Waals surface area contributed by atoms with E-state index >= 15 is 0 Å². The van der Waals surface area contributed by atoms with Crippen molar-refractivity contribution in [3.63, 3.8) is 0 Å². The lowest BCUT2D eigenvalue weighted by Gasteiger charge is -2.36. The minimum atomic E-state index is -0.201. The van der Waals surface area contributed by atoms with Gasteiger partial charge in [-0.25, -0.2) is 4.79 Å². The number of aliphatic hydroxyl groups is 1. The van der Waals surface area contributed by atoms with Gasteiger partial charge in [0, 0.05) is 16.4 Å². The summed E-state index contributed by atoms with van der Waals surface area (Å²) in [7, 11) is 0. The molecule has 2 aromatic rings. The van der Waals surface area contributed by atoms with Gasteiger partial charge in [-0.1, -0.05) is 19.3 Å². The van der Waals surface area contributed by atoms with Gasteiger partial charge in [0.2, 0.25) is 0 Å². The number of anilines is 1. The summed E-state index contributed by atoms with van der Waals surface area (Å²) in [6.45, 7) is 0.975. The first-order valence-electron chi connectivity index (χ1n) is 7.38. The van der Waals surface area contributed by atoms with Crippen molar-refractivity contribution in [2.24, 2.45) is 5.41 Å². The van der Waals surface area contributed by atoms with Crippen LogP contribution in [0, 0.1) is 5.41 Å². The Bertz CT molecular complexity index is 686. The summed E-state index contributed by atoms with van der Waals surface area (Å²) in [5.41, 5.74) is 2.29. The second kappa shape index (κ2) is 5.85. The second-order valence-corrected chi connectivity index (χ2v) is 6.88. The largest absolute Gasteiger partial charge is 0.396 e. The number of halogens is 1. The molecule has 6 heteroatoms. The van der Waals surface area contributed by atoms with Crippen LogP contribution >= 0.6 is 15.9 Å². The van der Waals surface area contributed by atoms with Crippen LogP contribution in [0.1, 0.15) is 32.1 Å². The van der Waals surface area contributed by atoms with Crippen molar-refractivity contribution in [2.75, 3.05) is 18.5 Å². The Morgan fingerprint density at radius 3 is 2.52 bits per heavy atom. The zero-order valence-electron chi connectivity index (χ0n) is 11.8. The molecule has 4 N–H and O–H groups in total. The van der Waals surface area contributed by atoms with Gasteiger partial charge in [0.05, 0.1) is 23.3 Å². The number of imidazole rings is 1. The van der Waals surface area contributed by atoms with Crippen molar-refractivity contribution in [1.29, 1.82) is 0 Å². The van der Waals surface area contributed by atoms with Crippen LogP contribution in [0.3, 0.4) is 0 Å². The Labute approximate surface area is 131 Å². The lowest BCUT2D eigenvalue weighted by atomic mass is 9.74. The summed E-state index contributed by atoms with van der Waals surface area (Å²) < 4.78 is 0.911. The first-order valence-corrected chi connectivity index (χ1v) is 8.17. The van der Waals surface area contributed by atoms with Gasteiger partial charge in [0.15, 0.2) is 0 Å². The molecule has 0 saturated heterocycles. The molecule has 0 atom stereocenters. The number of benzene rings is 1. The predicted octanol–water partition coefficient (Wildman–Crippen LogP) is 2.97. The molecule has 0 bridgehead atoms. The summed E-state index contributed by atoms with van der Waals surface area (Å²) in [4.78, 5) is 16.8. The molecular formula is C15H20BrN3O2. The fourth-order valence-corrected chi connectivity index (χ4v) is 3.65. The molecule has 1 aliphatic rings. The van der Waals surface area contributed by atoms with Gasteiger partial charge in [-0.05, 0) is 40.9 Å². The minimum absolute atomic E-state index is 0.0157. The van der Waals surface area contributed by atoms with Crippen LogP contribution in [0.4, 0.5) is 5.69 Å². The fraction of sp³-hybridized carbons (Fsp3) is 0.533. The average molecular weight is 354 g/mol. The van der Waals surface area contributed by atoms with E-state index in [-0.39, 0.29) is 17.7 Å². The van der Waals surface area contributed by atoms with Crippen LogP contribution in [-0.4, -0.2) is 28.2 Å². The van der Waals surface area contributed by atoms with Crippen LogP contribution in [0.15, 0.2) is 21.4 Å². The van der Waals surface area contributed by atoms with Crippen LogP contribution in [-0.2, 0) is 0 Å². The smallest absolute Gasteiger partial charge is 0.323 e. The van der Waals surface area contributed by atoms with E-state index in [1.807, 2.05) is 12.1 Å². The quantitative estimate of drug-likeness (QED) is 0.681. The molecule has 3 rings (SSSR count). The minimum Gasteiger partial charge on any atom is -0.396 e. The van der Waals surface area contributed by atoms with Crippen molar-refractivity contribution in [1.82, 2.24) is 9.97 Å². The van der Waals surface area contributed by atoms with Crippen molar-refractivity contribution in [3.05, 3.63) is 27.1 Å². The Hall–Kier alpha value is -1.27. The van der Waals surface area contributed by atoms with Crippen LogP contribution < -0.4 is 11.0 Å². The Kier molecular flexibility index (Phi) is 4.08. The molecule has 1 aromatic heterocycles. The highest BCUT2D eigenvalue weighted by Gasteiger charge is 2.31. The summed E-state index contributed by atoms with van der Waals surface area (Å²) >= 11 is 3.53. The number of fused-ring (bicyclic) bond motifs is 1. The van der Waals surface area contributed by atoms with E-state index in [2.05, 4.69) is 31.2 Å². The molecule has 0 aliphatic heterocycles. The van der Waals surface area contributed by atoms with Gasteiger partial charge in [-0.2, -0.15) is 0 Å². The topological polar surface area (TPSA) is 80.9 Å². The summed E-state index contributed by atoms with van der Waals surface area (Å²) in [6, 6.07) is 3.81. The number of aromatic amines is 2. The highest BCUT2D eigenvalue weighted by molar-refractivity contribution is 9.10. The second-order valence-electron chi connectivity index (χ2n) is 6.03. The molecule has 1 aromatic carbocycles. The van der Waals surface area contributed by atoms with Gasteiger partial charge < -0.3 is 20.4 Å². The maximum Gasteiger partial charge on any atom is 0.323 e. The molecule has 114 valence electrons. The lowest BCUT2D eigenvalue weighted by molar-refractivity contribution is 0.0944. The van der Waals surface area contributed by atoms with E-state index in [9.17, 15) is 9.90 Å². The first-order chi connectivity index (χ1) is 10.1. The number of aromatic nitrogens is 2. The van der Waals surface area contributed by atoms with Gasteiger partial charge in [-0.3, -0.25) is 0 Å². The fourth-order valence-electron chi connectivity index (χ4n) is 3.17. The SMILES string of the molecule is O=c1[nH]c2cc(Br)c(NCC3(CO)CCCCC3)cc2[nH]1. The zero-order chi connectivity index (χ0) is 14.9. The molecule has 21 heavy (non-hydrogen) atoms. The average Bonchev–Trinajstić information content (AvgIpc) is 2.85. The number of H-pyrrole nitrogens is 2. The van der Waals surface area contributed by atoms with E-state index in [0.29, 0.717) is 0 Å². The highest BCUT2D eigenvalue weighted by atomic mass is 79.9. The Morgan fingerprint density at radius 1 is 1.19 bits per heavy atom. The van der Waals surface area contributed by atoms with E-state index in [1.165, 1.54) is 19.3 Å². The first kappa shape index (κ1) is 14.7. The molecule has 5 nitrogen and oxygen atoms in total. The van der Waals surface area contributed by atoms with Gasteiger partial charge in [0.25, 0.3) is 0 Å². The van der Waals surface area contributed by atoms with Crippen molar-refractivity contribution in [2.45, 2.75) is 32.1 Å². The van der Waals surface area contributed by atoms with Crippen molar-refractivity contribution >= 4 is 32.7 Å². The van der Waals surface area contributed by atoms with Gasteiger partial charge in [-0.15, -0.1) is 0 Å². The maximum atomic E-state index is 11.3. The predicted molar refractivity (Wildman–Crippen MR) is 87.7 cm³/mol. The van der Waals surface area contributed by atoms with E-state index in [1.54, 1.807) is 0 Å². The molecule has 1 fully saturated rings.